The summed E-state index contributed by atoms with van der Waals surface area (Å²) in [5.74, 6) is 2.22. The maximum atomic E-state index is 5.89. The molecule has 6 heterocycles. The van der Waals surface area contributed by atoms with Gasteiger partial charge in [0.1, 0.15) is 5.75 Å². The average molecular weight is 485 g/mol. The van der Waals surface area contributed by atoms with Crippen molar-refractivity contribution in [3.05, 3.63) is 54.6 Å². The minimum Gasteiger partial charge on any atom is -0.495 e. The van der Waals surface area contributed by atoms with Gasteiger partial charge in [-0.15, -0.1) is 0 Å². The molecule has 4 aromatic rings. The molecule has 184 valence electrons. The van der Waals surface area contributed by atoms with Crippen LogP contribution in [0.25, 0.3) is 16.9 Å². The van der Waals surface area contributed by atoms with E-state index < -0.39 is 0 Å². The van der Waals surface area contributed by atoms with Crippen molar-refractivity contribution >= 4 is 22.8 Å². The lowest BCUT2D eigenvalue weighted by Crippen LogP contribution is -2.45. The zero-order valence-electron chi connectivity index (χ0n) is 20.2. The number of imidazole rings is 1. The van der Waals surface area contributed by atoms with Crippen molar-refractivity contribution in [2.45, 2.75) is 31.3 Å². The number of ether oxygens (including phenoxy) is 3. The number of aromatic nitrogens is 4. The first-order chi connectivity index (χ1) is 17.7. The van der Waals surface area contributed by atoms with Gasteiger partial charge in [0.05, 0.1) is 37.3 Å². The summed E-state index contributed by atoms with van der Waals surface area (Å²) >= 11 is 0. The van der Waals surface area contributed by atoms with Crippen LogP contribution in [0.15, 0.2) is 49.1 Å². The van der Waals surface area contributed by atoms with Crippen LogP contribution in [0.1, 0.15) is 24.8 Å². The third-order valence-corrected chi connectivity index (χ3v) is 7.49. The summed E-state index contributed by atoms with van der Waals surface area (Å²) in [6, 6.07) is 8.32. The quantitative estimate of drug-likeness (QED) is 0.450. The van der Waals surface area contributed by atoms with Crippen molar-refractivity contribution in [1.82, 2.24) is 19.4 Å². The first kappa shape index (κ1) is 21.4. The summed E-state index contributed by atoms with van der Waals surface area (Å²) in [6.45, 7) is 3.48. The molecule has 9 nitrogen and oxygen atoms in total. The summed E-state index contributed by atoms with van der Waals surface area (Å²) in [6.07, 6.45) is 11.7. The average Bonchev–Trinajstić information content (AvgIpc) is 3.56. The fourth-order valence-electron chi connectivity index (χ4n) is 5.45. The van der Waals surface area contributed by atoms with E-state index >= 15 is 0 Å². The van der Waals surface area contributed by atoms with Crippen LogP contribution in [-0.2, 0) is 11.2 Å². The van der Waals surface area contributed by atoms with Gasteiger partial charge in [-0.3, -0.25) is 0 Å². The molecule has 1 N–H and O–H groups in total. The van der Waals surface area contributed by atoms with Crippen molar-refractivity contribution in [2.75, 3.05) is 43.6 Å². The van der Waals surface area contributed by atoms with Crippen molar-refractivity contribution in [3.63, 3.8) is 0 Å². The molecule has 0 amide bonds. The molecule has 3 aliphatic heterocycles. The van der Waals surface area contributed by atoms with Crippen LogP contribution in [0, 0.1) is 0 Å². The van der Waals surface area contributed by atoms with E-state index in [4.69, 9.17) is 19.2 Å². The molecule has 2 fully saturated rings. The van der Waals surface area contributed by atoms with Gasteiger partial charge >= 0.3 is 0 Å². The van der Waals surface area contributed by atoms with Gasteiger partial charge in [-0.2, -0.15) is 0 Å². The van der Waals surface area contributed by atoms with Gasteiger partial charge in [0, 0.05) is 67.2 Å². The van der Waals surface area contributed by atoms with E-state index in [1.54, 1.807) is 13.3 Å². The molecule has 0 bridgehead atoms. The third-order valence-electron chi connectivity index (χ3n) is 7.49. The number of fused-ring (bicyclic) bond motifs is 2. The molecule has 0 radical (unpaired) electrons. The number of hydrogen-bond donors (Lipinski definition) is 1. The van der Waals surface area contributed by atoms with E-state index in [0.29, 0.717) is 5.82 Å². The zero-order chi connectivity index (χ0) is 24.1. The Bertz CT molecular complexity index is 1450. The summed E-state index contributed by atoms with van der Waals surface area (Å²) in [7, 11) is 1.72. The van der Waals surface area contributed by atoms with Crippen molar-refractivity contribution in [1.29, 1.82) is 0 Å². The minimum atomic E-state index is 0.0379. The van der Waals surface area contributed by atoms with Crippen LogP contribution in [0.3, 0.4) is 0 Å². The molecule has 7 rings (SSSR count). The third kappa shape index (κ3) is 3.62. The van der Waals surface area contributed by atoms with Gasteiger partial charge in [0.25, 0.3) is 0 Å². The van der Waals surface area contributed by atoms with E-state index in [9.17, 15) is 0 Å². The standard InChI is InChI=1S/C27H28N6O3/c1-34-23-14-20(4-5-22(23)33-9-6-27(17-33)7-12-36-27)30-24-25-28-8-10-32(25)16-21(31-24)19-13-18-3-2-11-35-26(18)29-15-19/h4-5,8,10,13-16H,2-3,6-7,9,11-12,17H2,1H3,(H,30,31). The minimum absolute atomic E-state index is 0.0379. The maximum Gasteiger partial charge on any atom is 0.216 e. The molecular formula is C27H28N6O3. The van der Waals surface area contributed by atoms with Gasteiger partial charge in [0.15, 0.2) is 11.5 Å². The monoisotopic (exact) mass is 484 g/mol. The highest BCUT2D eigenvalue weighted by Gasteiger charge is 2.44. The summed E-state index contributed by atoms with van der Waals surface area (Å²) < 4.78 is 19.3. The molecule has 1 unspecified atom stereocenters. The molecule has 1 atom stereocenters. The Hall–Kier alpha value is -3.85. The number of nitrogens with zero attached hydrogens (tertiary/aromatic N) is 5. The molecule has 1 aromatic carbocycles. The lowest BCUT2D eigenvalue weighted by molar-refractivity contribution is -0.130. The topological polar surface area (TPSA) is 86.0 Å². The first-order valence-electron chi connectivity index (χ1n) is 12.5. The lowest BCUT2D eigenvalue weighted by Gasteiger charge is -2.38. The highest BCUT2D eigenvalue weighted by Crippen LogP contribution is 2.41. The second-order valence-corrected chi connectivity index (χ2v) is 9.74. The number of aryl methyl sites for hydroxylation is 1. The van der Waals surface area contributed by atoms with Gasteiger partial charge < -0.3 is 28.8 Å². The first-order valence-corrected chi connectivity index (χ1v) is 12.5. The van der Waals surface area contributed by atoms with Gasteiger partial charge in [-0.25, -0.2) is 15.0 Å². The number of pyridine rings is 1. The fourth-order valence-corrected chi connectivity index (χ4v) is 5.45. The SMILES string of the molecule is COc1cc(Nc2nc(-c3cnc4c(c3)CCCO4)cn3ccnc23)ccc1N1CCC2(CCO2)C1. The van der Waals surface area contributed by atoms with Gasteiger partial charge in [0.2, 0.25) is 5.88 Å². The van der Waals surface area contributed by atoms with Crippen molar-refractivity contribution in [2.24, 2.45) is 0 Å². The molecule has 9 heteroatoms. The number of anilines is 3. The fraction of sp³-hybridized carbons (Fsp3) is 0.370. The Kier molecular flexibility index (Phi) is 4.99. The molecule has 2 saturated heterocycles. The number of nitrogens with one attached hydrogen (secondary N) is 1. The highest BCUT2D eigenvalue weighted by molar-refractivity contribution is 5.76. The van der Waals surface area contributed by atoms with Crippen molar-refractivity contribution < 1.29 is 14.2 Å². The van der Waals surface area contributed by atoms with E-state index in [1.165, 1.54) is 0 Å². The Morgan fingerprint density at radius 2 is 2.08 bits per heavy atom. The molecule has 0 saturated carbocycles. The molecule has 3 aliphatic rings. The normalized spacial score (nSPS) is 20.8. The predicted molar refractivity (Wildman–Crippen MR) is 136 cm³/mol. The number of hydrogen-bond acceptors (Lipinski definition) is 8. The number of benzene rings is 1. The number of rotatable bonds is 5. The zero-order valence-corrected chi connectivity index (χ0v) is 20.2. The molecule has 1 spiro atoms. The van der Waals surface area contributed by atoms with Crippen LogP contribution in [-0.4, -0.2) is 58.4 Å². The van der Waals surface area contributed by atoms with E-state index in [2.05, 4.69) is 38.4 Å². The Balaban J connectivity index is 1.20. The molecule has 3 aromatic heterocycles. The largest absolute Gasteiger partial charge is 0.495 e. The van der Waals surface area contributed by atoms with Crippen molar-refractivity contribution in [3.8, 4) is 22.9 Å². The van der Waals surface area contributed by atoms with Crippen LogP contribution >= 0.6 is 0 Å². The molecule has 36 heavy (non-hydrogen) atoms. The second-order valence-electron chi connectivity index (χ2n) is 9.74. The van der Waals surface area contributed by atoms with Crippen LogP contribution in [0.5, 0.6) is 11.6 Å². The molecule has 0 aliphatic carbocycles. The second kappa shape index (κ2) is 8.37. The number of methoxy groups -OCH3 is 1. The Morgan fingerprint density at radius 3 is 2.92 bits per heavy atom. The summed E-state index contributed by atoms with van der Waals surface area (Å²) in [4.78, 5) is 16.4. The smallest absolute Gasteiger partial charge is 0.216 e. The summed E-state index contributed by atoms with van der Waals surface area (Å²) in [5, 5.41) is 3.47. The Labute approximate surface area is 209 Å². The summed E-state index contributed by atoms with van der Waals surface area (Å²) in [5.41, 5.74) is 5.65. The van der Waals surface area contributed by atoms with Crippen LogP contribution in [0.4, 0.5) is 17.2 Å². The van der Waals surface area contributed by atoms with Crippen LogP contribution < -0.4 is 19.7 Å². The van der Waals surface area contributed by atoms with E-state index in [1.807, 2.05) is 29.1 Å². The maximum absolute atomic E-state index is 5.89. The Morgan fingerprint density at radius 1 is 1.14 bits per heavy atom. The highest BCUT2D eigenvalue weighted by atomic mass is 16.5. The van der Waals surface area contributed by atoms with E-state index in [0.717, 1.165) is 97.5 Å². The lowest BCUT2D eigenvalue weighted by atomic mass is 9.94. The molecular weight excluding hydrogens is 456 g/mol. The van der Waals surface area contributed by atoms with Gasteiger partial charge in [-0.05, 0) is 37.5 Å². The van der Waals surface area contributed by atoms with Gasteiger partial charge in [-0.1, -0.05) is 0 Å². The predicted octanol–water partition coefficient (Wildman–Crippen LogP) is 4.24. The van der Waals surface area contributed by atoms with Crippen LogP contribution in [0.2, 0.25) is 0 Å². The van der Waals surface area contributed by atoms with E-state index in [-0.39, 0.29) is 5.60 Å².